The zero-order chi connectivity index (χ0) is 24.7. The zero-order valence-corrected chi connectivity index (χ0v) is 19.3. The van der Waals surface area contributed by atoms with Crippen LogP contribution in [0.25, 0.3) is 16.8 Å². The maximum atomic E-state index is 13.0. The largest absolute Gasteiger partial charge is 0.366 e. The molecular formula is C26H24N6O3. The Morgan fingerprint density at radius 2 is 1.86 bits per heavy atom. The summed E-state index contributed by atoms with van der Waals surface area (Å²) in [6.07, 6.45) is 4.02. The first kappa shape index (κ1) is 22.3. The predicted octanol–water partition coefficient (Wildman–Crippen LogP) is 3.51. The van der Waals surface area contributed by atoms with Crippen molar-refractivity contribution in [3.8, 4) is 11.3 Å². The minimum Gasteiger partial charge on any atom is -0.366 e. The molecule has 0 radical (unpaired) electrons. The fraction of sp³-hybridized carbons (Fsp3) is 0.192. The van der Waals surface area contributed by atoms with Gasteiger partial charge >= 0.3 is 0 Å². The molecule has 2 aromatic carbocycles. The monoisotopic (exact) mass is 468 g/mol. The summed E-state index contributed by atoms with van der Waals surface area (Å²) in [7, 11) is 0. The van der Waals surface area contributed by atoms with Crippen molar-refractivity contribution in [3.05, 3.63) is 78.2 Å². The van der Waals surface area contributed by atoms with Gasteiger partial charge in [-0.3, -0.25) is 14.4 Å². The van der Waals surface area contributed by atoms with Gasteiger partial charge in [-0.25, -0.2) is 9.50 Å². The summed E-state index contributed by atoms with van der Waals surface area (Å²) >= 11 is 0. The number of nitrogens with zero attached hydrogens (tertiary/aromatic N) is 4. The minimum absolute atomic E-state index is 0.0263. The highest BCUT2D eigenvalue weighted by Crippen LogP contribution is 2.31. The van der Waals surface area contributed by atoms with Crippen LogP contribution >= 0.6 is 0 Å². The number of anilines is 2. The Morgan fingerprint density at radius 3 is 2.54 bits per heavy atom. The molecule has 1 aliphatic heterocycles. The fourth-order valence-electron chi connectivity index (χ4n) is 4.53. The maximum Gasteiger partial charge on any atom is 0.276 e. The van der Waals surface area contributed by atoms with Crippen LogP contribution in [0.2, 0.25) is 0 Å². The number of fused-ring (bicyclic) bond motifs is 1. The average Bonchev–Trinajstić information content (AvgIpc) is 3.39. The molecule has 1 aliphatic rings. The number of hydrogen-bond donors (Lipinski definition) is 2. The van der Waals surface area contributed by atoms with E-state index in [1.807, 2.05) is 36.1 Å². The third kappa shape index (κ3) is 4.12. The van der Waals surface area contributed by atoms with Gasteiger partial charge in [-0.2, -0.15) is 5.10 Å². The number of nitrogens with one attached hydrogen (secondary N) is 1. The van der Waals surface area contributed by atoms with Gasteiger partial charge in [0, 0.05) is 46.9 Å². The molecule has 2 unspecified atom stereocenters. The third-order valence-corrected chi connectivity index (χ3v) is 6.25. The van der Waals surface area contributed by atoms with Crippen molar-refractivity contribution in [2.24, 2.45) is 11.7 Å². The molecule has 3 N–H and O–H groups in total. The summed E-state index contributed by atoms with van der Waals surface area (Å²) in [6, 6.07) is 16.0. The van der Waals surface area contributed by atoms with Crippen LogP contribution in [-0.2, 0) is 4.79 Å². The molecule has 5 rings (SSSR count). The molecular weight excluding hydrogens is 444 g/mol. The molecule has 4 aromatic rings. The van der Waals surface area contributed by atoms with Crippen LogP contribution in [0.1, 0.15) is 41.1 Å². The van der Waals surface area contributed by atoms with Gasteiger partial charge in [0.25, 0.3) is 5.91 Å². The number of rotatable bonds is 5. The highest BCUT2D eigenvalue weighted by atomic mass is 16.2. The van der Waals surface area contributed by atoms with Crippen molar-refractivity contribution >= 4 is 34.6 Å². The fourth-order valence-corrected chi connectivity index (χ4v) is 4.53. The van der Waals surface area contributed by atoms with E-state index >= 15 is 0 Å². The summed E-state index contributed by atoms with van der Waals surface area (Å²) in [4.78, 5) is 43.0. The molecule has 0 spiro atoms. The van der Waals surface area contributed by atoms with Gasteiger partial charge in [-0.15, -0.1) is 0 Å². The standard InChI is InChI=1S/C26H24N6O3/c1-15-12-16(2)32(26(15)35)20-8-6-17(7-9-20)21-14-22-23(28-10-11-31(22)30-21)25(34)29-19-5-3-4-18(13-19)24(27)33/h3-11,13-16H,12H2,1-2H3,(H2,27,33)(H,29,34). The van der Waals surface area contributed by atoms with Crippen LogP contribution in [0.15, 0.2) is 67.0 Å². The first-order valence-electron chi connectivity index (χ1n) is 11.3. The van der Waals surface area contributed by atoms with Crippen LogP contribution in [0.5, 0.6) is 0 Å². The molecule has 2 atom stereocenters. The molecule has 9 heteroatoms. The third-order valence-electron chi connectivity index (χ3n) is 6.25. The molecule has 0 saturated carbocycles. The van der Waals surface area contributed by atoms with Crippen LogP contribution in [0.3, 0.4) is 0 Å². The smallest absolute Gasteiger partial charge is 0.276 e. The lowest BCUT2D eigenvalue weighted by molar-refractivity contribution is -0.120. The number of hydrogen-bond acceptors (Lipinski definition) is 5. The van der Waals surface area contributed by atoms with Crippen LogP contribution in [0.4, 0.5) is 11.4 Å². The van der Waals surface area contributed by atoms with Crippen LogP contribution < -0.4 is 16.0 Å². The second-order valence-corrected chi connectivity index (χ2v) is 8.78. The average molecular weight is 469 g/mol. The Hall–Kier alpha value is -4.53. The van der Waals surface area contributed by atoms with Crippen LogP contribution in [-0.4, -0.2) is 38.4 Å². The normalized spacial score (nSPS) is 17.7. The van der Waals surface area contributed by atoms with Crippen molar-refractivity contribution in [1.29, 1.82) is 0 Å². The molecule has 0 bridgehead atoms. The lowest BCUT2D eigenvalue weighted by Crippen LogP contribution is -2.31. The molecule has 9 nitrogen and oxygen atoms in total. The molecule has 176 valence electrons. The van der Waals surface area contributed by atoms with Gasteiger partial charge in [0.2, 0.25) is 11.8 Å². The van der Waals surface area contributed by atoms with E-state index in [0.717, 1.165) is 17.7 Å². The number of nitrogens with two attached hydrogens (primary N) is 1. The number of aromatic nitrogens is 3. The topological polar surface area (TPSA) is 123 Å². The highest BCUT2D eigenvalue weighted by molar-refractivity contribution is 6.08. The second kappa shape index (κ2) is 8.68. The molecule has 1 saturated heterocycles. The Balaban J connectivity index is 1.42. The summed E-state index contributed by atoms with van der Waals surface area (Å²) in [5.74, 6) is -0.847. The minimum atomic E-state index is -0.578. The zero-order valence-electron chi connectivity index (χ0n) is 19.3. The van der Waals surface area contributed by atoms with E-state index in [1.54, 1.807) is 35.0 Å². The van der Waals surface area contributed by atoms with Crippen molar-refractivity contribution in [3.63, 3.8) is 0 Å². The molecule has 3 heterocycles. The van der Waals surface area contributed by atoms with E-state index in [-0.39, 0.29) is 23.6 Å². The summed E-state index contributed by atoms with van der Waals surface area (Å²) in [6.45, 7) is 4.02. The van der Waals surface area contributed by atoms with Gasteiger partial charge < -0.3 is 16.0 Å². The molecule has 35 heavy (non-hydrogen) atoms. The van der Waals surface area contributed by atoms with Gasteiger partial charge in [0.15, 0.2) is 5.69 Å². The Bertz CT molecular complexity index is 1460. The van der Waals surface area contributed by atoms with E-state index in [9.17, 15) is 14.4 Å². The quantitative estimate of drug-likeness (QED) is 0.464. The van der Waals surface area contributed by atoms with Gasteiger partial charge in [0.1, 0.15) is 0 Å². The van der Waals surface area contributed by atoms with E-state index in [1.165, 1.54) is 12.3 Å². The highest BCUT2D eigenvalue weighted by Gasteiger charge is 2.34. The van der Waals surface area contributed by atoms with Gasteiger partial charge in [0.05, 0.1) is 11.2 Å². The summed E-state index contributed by atoms with van der Waals surface area (Å²) in [5, 5.41) is 7.35. The van der Waals surface area contributed by atoms with E-state index in [4.69, 9.17) is 5.73 Å². The second-order valence-electron chi connectivity index (χ2n) is 8.78. The Labute approximate surface area is 201 Å². The first-order valence-corrected chi connectivity index (χ1v) is 11.3. The Morgan fingerprint density at radius 1 is 1.09 bits per heavy atom. The number of carbonyl (C=O) groups excluding carboxylic acids is 3. The van der Waals surface area contributed by atoms with E-state index in [2.05, 4.69) is 22.3 Å². The van der Waals surface area contributed by atoms with Gasteiger partial charge in [-0.1, -0.05) is 25.1 Å². The van der Waals surface area contributed by atoms with Crippen molar-refractivity contribution in [2.75, 3.05) is 10.2 Å². The maximum absolute atomic E-state index is 13.0. The number of carbonyl (C=O) groups is 3. The lowest BCUT2D eigenvalue weighted by Gasteiger charge is -2.22. The first-order chi connectivity index (χ1) is 16.8. The summed E-state index contributed by atoms with van der Waals surface area (Å²) < 4.78 is 1.60. The van der Waals surface area contributed by atoms with Crippen molar-refractivity contribution < 1.29 is 14.4 Å². The number of amides is 3. The molecule has 1 fully saturated rings. The predicted molar refractivity (Wildman–Crippen MR) is 132 cm³/mol. The molecule has 3 amide bonds. The van der Waals surface area contributed by atoms with Crippen molar-refractivity contribution in [1.82, 2.24) is 14.6 Å². The van der Waals surface area contributed by atoms with Crippen LogP contribution in [0, 0.1) is 5.92 Å². The van der Waals surface area contributed by atoms with Crippen molar-refractivity contribution in [2.45, 2.75) is 26.3 Å². The van der Waals surface area contributed by atoms with Gasteiger partial charge in [-0.05, 0) is 49.7 Å². The molecule has 2 aromatic heterocycles. The number of primary amides is 1. The molecule has 0 aliphatic carbocycles. The SMILES string of the molecule is CC1CC(C)N(c2ccc(-c3cc4c(C(=O)Nc5cccc(C(N)=O)c5)nccn4n3)cc2)C1=O. The lowest BCUT2D eigenvalue weighted by atomic mass is 10.1. The summed E-state index contributed by atoms with van der Waals surface area (Å²) in [5.41, 5.74) is 9.17. The Kier molecular flexibility index (Phi) is 5.52. The number of benzene rings is 2. The van der Waals surface area contributed by atoms with E-state index in [0.29, 0.717) is 22.5 Å². The van der Waals surface area contributed by atoms with E-state index < -0.39 is 11.8 Å².